The number of benzene rings is 1. The normalized spacial score (nSPS) is 24.6. The molecule has 90 valence electrons. The van der Waals surface area contributed by atoms with Crippen LogP contribution in [0.25, 0.3) is 10.2 Å². The third-order valence-electron chi connectivity index (χ3n) is 3.99. The molecule has 1 aliphatic heterocycles. The predicted molar refractivity (Wildman–Crippen MR) is 73.8 cm³/mol. The van der Waals surface area contributed by atoms with Crippen LogP contribution in [0.5, 0.6) is 0 Å². The smallest absolute Gasteiger partial charge is 0.101 e. The molecule has 1 unspecified atom stereocenters. The maximum atomic E-state index is 4.92. The molecule has 0 aliphatic carbocycles. The van der Waals surface area contributed by atoms with Gasteiger partial charge in [0.1, 0.15) is 5.01 Å². The fourth-order valence-electron chi connectivity index (χ4n) is 2.69. The monoisotopic (exact) mass is 246 g/mol. The fraction of sp³-hybridized carbons (Fsp3) is 0.500. The van der Waals surface area contributed by atoms with Gasteiger partial charge in [0.05, 0.1) is 10.2 Å². The lowest BCUT2D eigenvalue weighted by atomic mass is 9.85. The minimum atomic E-state index is 0.288. The molecule has 1 aromatic carbocycles. The van der Waals surface area contributed by atoms with Gasteiger partial charge in [0.25, 0.3) is 0 Å². The predicted octanol–water partition coefficient (Wildman–Crippen LogP) is 3.25. The average molecular weight is 246 g/mol. The molecule has 2 aromatic rings. The molecule has 1 aromatic heterocycles. The zero-order valence-electron chi connectivity index (χ0n) is 10.4. The minimum Gasteiger partial charge on any atom is -0.316 e. The molecule has 0 radical (unpaired) electrons. The van der Waals surface area contributed by atoms with Crippen LogP contribution >= 0.6 is 11.3 Å². The SMILES string of the molecule is CCC1(c2nc3c(C)cccc3s2)CCNC1. The van der Waals surface area contributed by atoms with Crippen molar-refractivity contribution in [2.24, 2.45) is 0 Å². The molecular formula is C14H18N2S. The van der Waals surface area contributed by atoms with E-state index in [2.05, 4.69) is 37.4 Å². The summed E-state index contributed by atoms with van der Waals surface area (Å²) in [5.41, 5.74) is 2.78. The fourth-order valence-corrected chi connectivity index (χ4v) is 4.02. The summed E-state index contributed by atoms with van der Waals surface area (Å²) >= 11 is 1.88. The molecule has 1 atom stereocenters. The Hall–Kier alpha value is -0.930. The van der Waals surface area contributed by atoms with Crippen molar-refractivity contribution >= 4 is 21.6 Å². The summed E-state index contributed by atoms with van der Waals surface area (Å²) in [5, 5.41) is 4.82. The molecule has 0 bridgehead atoms. The Morgan fingerprint density at radius 1 is 1.47 bits per heavy atom. The number of para-hydroxylation sites is 1. The van der Waals surface area contributed by atoms with Crippen molar-refractivity contribution in [2.45, 2.75) is 32.1 Å². The van der Waals surface area contributed by atoms with Gasteiger partial charge < -0.3 is 5.32 Å². The highest BCUT2D eigenvalue weighted by molar-refractivity contribution is 7.18. The van der Waals surface area contributed by atoms with Crippen LogP contribution in [0.4, 0.5) is 0 Å². The summed E-state index contributed by atoms with van der Waals surface area (Å²) < 4.78 is 1.33. The molecular weight excluding hydrogens is 228 g/mol. The number of nitrogens with zero attached hydrogens (tertiary/aromatic N) is 1. The first-order valence-corrected chi connectivity index (χ1v) is 7.14. The molecule has 0 spiro atoms. The van der Waals surface area contributed by atoms with Crippen LogP contribution in [0.3, 0.4) is 0 Å². The zero-order valence-corrected chi connectivity index (χ0v) is 11.2. The van der Waals surface area contributed by atoms with Crippen LogP contribution < -0.4 is 5.32 Å². The number of fused-ring (bicyclic) bond motifs is 1. The van der Waals surface area contributed by atoms with Crippen molar-refractivity contribution in [3.63, 3.8) is 0 Å². The molecule has 0 saturated carbocycles. The topological polar surface area (TPSA) is 24.9 Å². The van der Waals surface area contributed by atoms with Gasteiger partial charge in [0.2, 0.25) is 0 Å². The van der Waals surface area contributed by atoms with Crippen molar-refractivity contribution in [1.82, 2.24) is 10.3 Å². The number of aromatic nitrogens is 1. The van der Waals surface area contributed by atoms with Crippen LogP contribution in [0.2, 0.25) is 0 Å². The van der Waals surface area contributed by atoms with Crippen molar-refractivity contribution in [3.8, 4) is 0 Å². The van der Waals surface area contributed by atoms with Crippen LogP contribution in [0.1, 0.15) is 30.3 Å². The lowest BCUT2D eigenvalue weighted by molar-refractivity contribution is 0.452. The molecule has 2 heterocycles. The Kier molecular flexibility index (Phi) is 2.68. The van der Waals surface area contributed by atoms with Gasteiger partial charge in [-0.2, -0.15) is 0 Å². The Balaban J connectivity index is 2.14. The largest absolute Gasteiger partial charge is 0.316 e. The highest BCUT2D eigenvalue weighted by Gasteiger charge is 2.36. The molecule has 1 fully saturated rings. The van der Waals surface area contributed by atoms with Crippen molar-refractivity contribution < 1.29 is 0 Å². The first kappa shape index (κ1) is 11.2. The zero-order chi connectivity index (χ0) is 11.9. The second-order valence-corrected chi connectivity index (χ2v) is 6.03. The second kappa shape index (κ2) is 4.07. The second-order valence-electron chi connectivity index (χ2n) is 5.00. The molecule has 17 heavy (non-hydrogen) atoms. The summed E-state index contributed by atoms with van der Waals surface area (Å²) in [5.74, 6) is 0. The summed E-state index contributed by atoms with van der Waals surface area (Å²) in [7, 11) is 0. The van der Waals surface area contributed by atoms with Crippen LogP contribution in [-0.2, 0) is 5.41 Å². The summed E-state index contributed by atoms with van der Waals surface area (Å²) in [4.78, 5) is 4.92. The van der Waals surface area contributed by atoms with Crippen LogP contribution in [0, 0.1) is 6.92 Å². The van der Waals surface area contributed by atoms with E-state index >= 15 is 0 Å². The lowest BCUT2D eigenvalue weighted by Gasteiger charge is -2.23. The van der Waals surface area contributed by atoms with E-state index in [4.69, 9.17) is 4.98 Å². The van der Waals surface area contributed by atoms with Gasteiger partial charge in [0, 0.05) is 12.0 Å². The van der Waals surface area contributed by atoms with Crippen molar-refractivity contribution in [3.05, 3.63) is 28.8 Å². The van der Waals surface area contributed by atoms with Gasteiger partial charge in [-0.25, -0.2) is 4.98 Å². The third kappa shape index (κ3) is 1.69. The van der Waals surface area contributed by atoms with E-state index < -0.39 is 0 Å². The summed E-state index contributed by atoms with van der Waals surface area (Å²) in [6.07, 6.45) is 2.40. The van der Waals surface area contributed by atoms with Gasteiger partial charge in [-0.15, -0.1) is 11.3 Å². The highest BCUT2D eigenvalue weighted by atomic mass is 32.1. The third-order valence-corrected chi connectivity index (χ3v) is 5.26. The Labute approximate surface area is 106 Å². The standard InChI is InChI=1S/C14H18N2S/c1-3-14(7-8-15-9-14)13-16-12-10(2)5-4-6-11(12)17-13/h4-6,15H,3,7-9H2,1-2H3. The molecule has 0 amide bonds. The van der Waals surface area contributed by atoms with Crippen molar-refractivity contribution in [2.75, 3.05) is 13.1 Å². The molecule has 3 rings (SSSR count). The Morgan fingerprint density at radius 2 is 2.35 bits per heavy atom. The number of hydrogen-bond acceptors (Lipinski definition) is 3. The minimum absolute atomic E-state index is 0.288. The molecule has 3 heteroatoms. The van der Waals surface area contributed by atoms with Gasteiger partial charge in [-0.1, -0.05) is 19.1 Å². The maximum Gasteiger partial charge on any atom is 0.101 e. The van der Waals surface area contributed by atoms with E-state index in [1.807, 2.05) is 11.3 Å². The van der Waals surface area contributed by atoms with E-state index in [0.29, 0.717) is 0 Å². The van der Waals surface area contributed by atoms with Crippen LogP contribution in [0.15, 0.2) is 18.2 Å². The van der Waals surface area contributed by atoms with E-state index in [1.165, 1.54) is 33.6 Å². The summed E-state index contributed by atoms with van der Waals surface area (Å²) in [6, 6.07) is 6.47. The quantitative estimate of drug-likeness (QED) is 0.880. The average Bonchev–Trinajstić information content (AvgIpc) is 2.96. The Morgan fingerprint density at radius 3 is 3.00 bits per heavy atom. The molecule has 1 N–H and O–H groups in total. The van der Waals surface area contributed by atoms with E-state index in [1.54, 1.807) is 0 Å². The highest BCUT2D eigenvalue weighted by Crippen LogP contribution is 2.39. The maximum absolute atomic E-state index is 4.92. The van der Waals surface area contributed by atoms with E-state index in [-0.39, 0.29) is 5.41 Å². The number of hydrogen-bond donors (Lipinski definition) is 1. The van der Waals surface area contributed by atoms with Gasteiger partial charge >= 0.3 is 0 Å². The van der Waals surface area contributed by atoms with Gasteiger partial charge in [0.15, 0.2) is 0 Å². The number of nitrogens with one attached hydrogen (secondary N) is 1. The number of rotatable bonds is 2. The summed E-state index contributed by atoms with van der Waals surface area (Å²) in [6.45, 7) is 6.65. The first-order chi connectivity index (χ1) is 8.25. The van der Waals surface area contributed by atoms with Crippen molar-refractivity contribution in [1.29, 1.82) is 0 Å². The van der Waals surface area contributed by atoms with Crippen LogP contribution in [-0.4, -0.2) is 18.1 Å². The van der Waals surface area contributed by atoms with Gasteiger partial charge in [-0.3, -0.25) is 0 Å². The lowest BCUT2D eigenvalue weighted by Crippen LogP contribution is -2.27. The first-order valence-electron chi connectivity index (χ1n) is 6.32. The number of aryl methyl sites for hydroxylation is 1. The Bertz CT molecular complexity index is 538. The molecule has 2 nitrogen and oxygen atoms in total. The van der Waals surface area contributed by atoms with E-state index in [9.17, 15) is 0 Å². The number of thiazole rings is 1. The van der Waals surface area contributed by atoms with Gasteiger partial charge in [-0.05, 0) is 37.9 Å². The molecule has 1 saturated heterocycles. The molecule has 1 aliphatic rings. The van der Waals surface area contributed by atoms with E-state index in [0.717, 1.165) is 13.1 Å².